The van der Waals surface area contributed by atoms with Crippen molar-refractivity contribution in [1.82, 2.24) is 4.72 Å². The lowest BCUT2D eigenvalue weighted by molar-refractivity contribution is 0.0697. The predicted molar refractivity (Wildman–Crippen MR) is 73.0 cm³/mol. The van der Waals surface area contributed by atoms with Gasteiger partial charge in [-0.3, -0.25) is 0 Å². The molecule has 0 aliphatic rings. The molecule has 0 spiro atoms. The third-order valence-electron chi connectivity index (χ3n) is 2.43. The van der Waals surface area contributed by atoms with E-state index in [1.165, 1.54) is 18.2 Å². The number of hydrogen-bond acceptors (Lipinski definition) is 4. The number of hydrogen-bond donors (Lipinski definition) is 3. The summed E-state index contributed by atoms with van der Waals surface area (Å²) in [7, 11) is -3.64. The van der Waals surface area contributed by atoms with Crippen molar-refractivity contribution in [3.8, 4) is 0 Å². The molecule has 0 amide bonds. The summed E-state index contributed by atoms with van der Waals surface area (Å²) < 4.78 is 25.9. The van der Waals surface area contributed by atoms with Crippen LogP contribution in [-0.4, -0.2) is 32.6 Å². The van der Waals surface area contributed by atoms with Crippen molar-refractivity contribution in [2.45, 2.75) is 25.2 Å². The topological polar surface area (TPSA) is 95.5 Å². The minimum Gasteiger partial charge on any atom is -0.478 e. The summed E-state index contributed by atoms with van der Waals surface area (Å²) >= 11 is 0. The highest BCUT2D eigenvalue weighted by molar-refractivity contribution is 7.89. The second kappa shape index (κ2) is 6.53. The zero-order chi connectivity index (χ0) is 14.5. The SMILES string of the molecule is CCCNc1ccc(S(=O)(=O)NCC)cc1C(=O)O. The molecule has 0 heterocycles. The van der Waals surface area contributed by atoms with Gasteiger partial charge in [-0.15, -0.1) is 0 Å². The van der Waals surface area contributed by atoms with E-state index < -0.39 is 16.0 Å². The highest BCUT2D eigenvalue weighted by Crippen LogP contribution is 2.20. The molecular weight excluding hydrogens is 268 g/mol. The minimum atomic E-state index is -3.64. The Kier molecular flexibility index (Phi) is 5.31. The molecule has 0 saturated heterocycles. The van der Waals surface area contributed by atoms with Gasteiger partial charge in [-0.1, -0.05) is 13.8 Å². The van der Waals surface area contributed by atoms with Gasteiger partial charge in [0.15, 0.2) is 0 Å². The minimum absolute atomic E-state index is 0.0474. The van der Waals surface area contributed by atoms with Gasteiger partial charge in [0.05, 0.1) is 10.5 Å². The van der Waals surface area contributed by atoms with E-state index in [9.17, 15) is 13.2 Å². The van der Waals surface area contributed by atoms with E-state index in [1.807, 2.05) is 6.92 Å². The molecule has 0 fully saturated rings. The Labute approximate surface area is 112 Å². The molecule has 0 saturated carbocycles. The van der Waals surface area contributed by atoms with Crippen LogP contribution in [0.4, 0.5) is 5.69 Å². The summed E-state index contributed by atoms with van der Waals surface area (Å²) in [5.41, 5.74) is 0.372. The van der Waals surface area contributed by atoms with Crippen LogP contribution in [0.1, 0.15) is 30.6 Å². The van der Waals surface area contributed by atoms with Crippen LogP contribution in [0.15, 0.2) is 23.1 Å². The Morgan fingerprint density at radius 1 is 1.32 bits per heavy atom. The maximum Gasteiger partial charge on any atom is 0.337 e. The van der Waals surface area contributed by atoms with Gasteiger partial charge >= 0.3 is 5.97 Å². The van der Waals surface area contributed by atoms with Crippen LogP contribution in [0.5, 0.6) is 0 Å². The zero-order valence-electron chi connectivity index (χ0n) is 10.9. The molecule has 0 aromatic heterocycles. The van der Waals surface area contributed by atoms with Gasteiger partial charge < -0.3 is 10.4 Å². The Bertz CT molecular complexity index is 555. The van der Waals surface area contributed by atoms with E-state index in [1.54, 1.807) is 6.92 Å². The number of sulfonamides is 1. The van der Waals surface area contributed by atoms with E-state index in [2.05, 4.69) is 10.0 Å². The van der Waals surface area contributed by atoms with Gasteiger partial charge in [-0.2, -0.15) is 0 Å². The van der Waals surface area contributed by atoms with Crippen molar-refractivity contribution in [2.75, 3.05) is 18.4 Å². The third-order valence-corrected chi connectivity index (χ3v) is 3.97. The number of carboxylic acid groups (broad SMARTS) is 1. The summed E-state index contributed by atoms with van der Waals surface area (Å²) in [6.45, 7) is 4.49. The van der Waals surface area contributed by atoms with E-state index in [4.69, 9.17) is 5.11 Å². The predicted octanol–water partition coefficient (Wildman–Crippen LogP) is 1.50. The van der Waals surface area contributed by atoms with Gasteiger partial charge in [0.2, 0.25) is 10.0 Å². The van der Waals surface area contributed by atoms with Crippen molar-refractivity contribution < 1.29 is 18.3 Å². The molecule has 0 atom stereocenters. The van der Waals surface area contributed by atoms with Crippen LogP contribution in [0.25, 0.3) is 0 Å². The maximum atomic E-state index is 11.8. The Hall–Kier alpha value is -1.60. The first-order valence-electron chi connectivity index (χ1n) is 6.03. The molecule has 1 aromatic carbocycles. The van der Waals surface area contributed by atoms with Crippen molar-refractivity contribution in [3.63, 3.8) is 0 Å². The lowest BCUT2D eigenvalue weighted by Crippen LogP contribution is -2.23. The van der Waals surface area contributed by atoms with Crippen molar-refractivity contribution in [2.24, 2.45) is 0 Å². The molecule has 0 radical (unpaired) electrons. The summed E-state index contributed by atoms with van der Waals surface area (Å²) in [5.74, 6) is -1.16. The standard InChI is InChI=1S/C12H18N2O4S/c1-3-7-13-11-6-5-9(8-10(11)12(15)16)19(17,18)14-4-2/h5-6,8,13-14H,3-4,7H2,1-2H3,(H,15,16). The molecule has 7 heteroatoms. The molecular formula is C12H18N2O4S. The fourth-order valence-corrected chi connectivity index (χ4v) is 2.62. The van der Waals surface area contributed by atoms with Gasteiger partial charge in [0.1, 0.15) is 0 Å². The van der Waals surface area contributed by atoms with E-state index >= 15 is 0 Å². The molecule has 1 aromatic rings. The third kappa shape index (κ3) is 3.93. The summed E-state index contributed by atoms with van der Waals surface area (Å²) in [6.07, 6.45) is 0.844. The first kappa shape index (κ1) is 15.5. The second-order valence-corrected chi connectivity index (χ2v) is 5.71. The Morgan fingerprint density at radius 2 is 2.00 bits per heavy atom. The van der Waals surface area contributed by atoms with Gasteiger partial charge in [0, 0.05) is 18.8 Å². The normalized spacial score (nSPS) is 11.3. The van der Waals surface area contributed by atoms with Crippen molar-refractivity contribution in [1.29, 1.82) is 0 Å². The van der Waals surface area contributed by atoms with E-state index in [-0.39, 0.29) is 17.0 Å². The Morgan fingerprint density at radius 3 is 2.53 bits per heavy atom. The van der Waals surface area contributed by atoms with Crippen molar-refractivity contribution >= 4 is 21.7 Å². The number of nitrogens with one attached hydrogen (secondary N) is 2. The second-order valence-electron chi connectivity index (χ2n) is 3.94. The smallest absolute Gasteiger partial charge is 0.337 e. The lowest BCUT2D eigenvalue weighted by Gasteiger charge is -2.11. The summed E-state index contributed by atoms with van der Waals surface area (Å²) in [5, 5.41) is 12.1. The fourth-order valence-electron chi connectivity index (χ4n) is 1.55. The van der Waals surface area contributed by atoms with Gasteiger partial charge in [0.25, 0.3) is 0 Å². The first-order valence-corrected chi connectivity index (χ1v) is 7.51. The average Bonchev–Trinajstić information content (AvgIpc) is 2.35. The number of aromatic carboxylic acids is 1. The van der Waals surface area contributed by atoms with E-state index in [0.717, 1.165) is 6.42 Å². The van der Waals surface area contributed by atoms with Crippen LogP contribution in [0.2, 0.25) is 0 Å². The molecule has 3 N–H and O–H groups in total. The largest absolute Gasteiger partial charge is 0.478 e. The van der Waals surface area contributed by atoms with Gasteiger partial charge in [-0.25, -0.2) is 17.9 Å². The van der Waals surface area contributed by atoms with E-state index in [0.29, 0.717) is 12.2 Å². The molecule has 0 bridgehead atoms. The zero-order valence-corrected chi connectivity index (χ0v) is 11.8. The molecule has 0 aliphatic heterocycles. The average molecular weight is 286 g/mol. The van der Waals surface area contributed by atoms with Crippen LogP contribution in [-0.2, 0) is 10.0 Å². The number of rotatable bonds is 7. The summed E-state index contributed by atoms with van der Waals surface area (Å²) in [6, 6.07) is 4.03. The maximum absolute atomic E-state index is 11.8. The molecule has 106 valence electrons. The molecule has 0 aliphatic carbocycles. The van der Waals surface area contributed by atoms with Crippen molar-refractivity contribution in [3.05, 3.63) is 23.8 Å². The van der Waals surface area contributed by atoms with Crippen LogP contribution < -0.4 is 10.0 Å². The van der Waals surface area contributed by atoms with Crippen LogP contribution in [0, 0.1) is 0 Å². The fraction of sp³-hybridized carbons (Fsp3) is 0.417. The lowest BCUT2D eigenvalue weighted by atomic mass is 10.2. The summed E-state index contributed by atoms with van der Waals surface area (Å²) in [4.78, 5) is 11.1. The van der Waals surface area contributed by atoms with Crippen LogP contribution >= 0.6 is 0 Å². The number of carbonyl (C=O) groups is 1. The number of anilines is 1. The monoisotopic (exact) mass is 286 g/mol. The Balaban J connectivity index is 3.20. The quantitative estimate of drug-likeness (QED) is 0.706. The highest BCUT2D eigenvalue weighted by atomic mass is 32.2. The highest BCUT2D eigenvalue weighted by Gasteiger charge is 2.17. The molecule has 1 rings (SSSR count). The first-order chi connectivity index (χ1) is 8.92. The molecule has 6 nitrogen and oxygen atoms in total. The molecule has 0 unspecified atom stereocenters. The number of benzene rings is 1. The van der Waals surface area contributed by atoms with Gasteiger partial charge in [-0.05, 0) is 24.6 Å². The molecule has 19 heavy (non-hydrogen) atoms. The van der Waals surface area contributed by atoms with Crippen LogP contribution in [0.3, 0.4) is 0 Å². The number of carboxylic acids is 1.